The summed E-state index contributed by atoms with van der Waals surface area (Å²) in [6.45, 7) is 5.27. The average Bonchev–Trinajstić information content (AvgIpc) is 3.36. The molecule has 1 fully saturated rings. The summed E-state index contributed by atoms with van der Waals surface area (Å²) in [7, 11) is 0. The maximum Gasteiger partial charge on any atom is 0.274 e. The second kappa shape index (κ2) is 7.85. The highest BCUT2D eigenvalue weighted by Crippen LogP contribution is 2.33. The molecule has 0 atom stereocenters. The van der Waals surface area contributed by atoms with E-state index in [-0.39, 0.29) is 11.6 Å². The number of H-pyrrole nitrogens is 1. The minimum absolute atomic E-state index is 0.120. The third kappa shape index (κ3) is 3.61. The fourth-order valence-electron chi connectivity index (χ4n) is 4.54. The van der Waals surface area contributed by atoms with E-state index in [2.05, 4.69) is 39.5 Å². The van der Waals surface area contributed by atoms with Crippen molar-refractivity contribution in [3.63, 3.8) is 0 Å². The molecule has 0 bridgehead atoms. The quantitative estimate of drug-likeness (QED) is 0.492. The Morgan fingerprint density at radius 3 is 2.65 bits per heavy atom. The number of amides is 1. The van der Waals surface area contributed by atoms with Crippen LogP contribution in [-0.4, -0.2) is 43.6 Å². The maximum atomic E-state index is 13.2. The molecule has 31 heavy (non-hydrogen) atoms. The van der Waals surface area contributed by atoms with Crippen molar-refractivity contribution in [2.45, 2.75) is 32.6 Å². The van der Waals surface area contributed by atoms with Crippen LogP contribution in [0.25, 0.3) is 16.7 Å². The first kappa shape index (κ1) is 19.8. The van der Waals surface area contributed by atoms with Gasteiger partial charge in [0.2, 0.25) is 0 Å². The number of benzene rings is 1. The average molecular weight is 434 g/mol. The molecule has 1 aliphatic rings. The van der Waals surface area contributed by atoms with E-state index in [1.807, 2.05) is 30.9 Å². The van der Waals surface area contributed by atoms with Gasteiger partial charge >= 0.3 is 0 Å². The Hall–Kier alpha value is -3.12. The molecule has 0 unspecified atom stereocenters. The summed E-state index contributed by atoms with van der Waals surface area (Å²) < 4.78 is 1.74. The third-order valence-corrected chi connectivity index (χ3v) is 6.41. The number of hydrogen-bond donors (Lipinski definition) is 1. The minimum Gasteiger partial charge on any atom is -0.361 e. The van der Waals surface area contributed by atoms with Gasteiger partial charge in [-0.3, -0.25) is 4.79 Å². The minimum atomic E-state index is -0.120. The van der Waals surface area contributed by atoms with Gasteiger partial charge in [0.1, 0.15) is 5.69 Å². The first-order chi connectivity index (χ1) is 15.0. The summed E-state index contributed by atoms with van der Waals surface area (Å²) in [6.07, 6.45) is 3.95. The predicted molar refractivity (Wildman–Crippen MR) is 122 cm³/mol. The van der Waals surface area contributed by atoms with Crippen LogP contribution in [0.3, 0.4) is 0 Å². The predicted octanol–water partition coefficient (Wildman–Crippen LogP) is 5.04. The van der Waals surface area contributed by atoms with E-state index in [4.69, 9.17) is 11.6 Å². The molecular formula is C24H24ClN5O. The Kier molecular flexibility index (Phi) is 5.02. The number of carbonyl (C=O) groups excluding carboxylic acids is 1. The van der Waals surface area contributed by atoms with Crippen LogP contribution in [0.5, 0.6) is 0 Å². The number of halogens is 1. The molecule has 0 saturated carbocycles. The lowest BCUT2D eigenvalue weighted by Gasteiger charge is -2.32. The van der Waals surface area contributed by atoms with Crippen molar-refractivity contribution in [1.82, 2.24) is 24.6 Å². The lowest BCUT2D eigenvalue weighted by atomic mass is 9.89. The summed E-state index contributed by atoms with van der Waals surface area (Å²) in [5.74, 6) is 0.919. The molecule has 6 nitrogen and oxygen atoms in total. The van der Waals surface area contributed by atoms with E-state index in [9.17, 15) is 4.79 Å². The van der Waals surface area contributed by atoms with Crippen molar-refractivity contribution in [1.29, 1.82) is 0 Å². The van der Waals surface area contributed by atoms with Crippen molar-refractivity contribution in [2.24, 2.45) is 0 Å². The first-order valence-corrected chi connectivity index (χ1v) is 10.9. The second-order valence-electron chi connectivity index (χ2n) is 8.19. The Balaban J connectivity index is 1.35. The number of rotatable bonds is 3. The highest BCUT2D eigenvalue weighted by atomic mass is 35.5. The van der Waals surface area contributed by atoms with Crippen LogP contribution < -0.4 is 0 Å². The van der Waals surface area contributed by atoms with Crippen LogP contribution in [-0.2, 0) is 0 Å². The van der Waals surface area contributed by atoms with Gasteiger partial charge in [-0.25, -0.2) is 9.67 Å². The lowest BCUT2D eigenvalue weighted by Crippen LogP contribution is -2.38. The van der Waals surface area contributed by atoms with Crippen LogP contribution in [0.2, 0.25) is 5.02 Å². The fraction of sp³-hybridized carbons (Fsp3) is 0.292. The Bertz CT molecular complexity index is 1270. The van der Waals surface area contributed by atoms with Crippen LogP contribution in [0.15, 0.2) is 48.7 Å². The number of likely N-dealkylation sites (tertiary alicyclic amines) is 1. The molecule has 1 amide bonds. The molecule has 1 aromatic carbocycles. The zero-order valence-corrected chi connectivity index (χ0v) is 18.4. The smallest absolute Gasteiger partial charge is 0.274 e. The topological polar surface area (TPSA) is 66.8 Å². The van der Waals surface area contributed by atoms with E-state index in [0.29, 0.717) is 29.8 Å². The number of pyridine rings is 1. The molecule has 7 heteroatoms. The Morgan fingerprint density at radius 2 is 1.90 bits per heavy atom. The van der Waals surface area contributed by atoms with Gasteiger partial charge in [0.25, 0.3) is 5.91 Å². The number of aryl methyl sites for hydroxylation is 2. The van der Waals surface area contributed by atoms with Gasteiger partial charge in [0.15, 0.2) is 5.82 Å². The molecule has 5 rings (SSSR count). The molecule has 4 heterocycles. The van der Waals surface area contributed by atoms with Crippen molar-refractivity contribution in [3.05, 3.63) is 76.3 Å². The molecule has 1 N–H and O–H groups in total. The van der Waals surface area contributed by atoms with Gasteiger partial charge in [0, 0.05) is 35.9 Å². The summed E-state index contributed by atoms with van der Waals surface area (Å²) in [4.78, 5) is 23.0. The monoisotopic (exact) mass is 433 g/mol. The zero-order valence-electron chi connectivity index (χ0n) is 17.6. The highest BCUT2D eigenvalue weighted by Gasteiger charge is 2.28. The van der Waals surface area contributed by atoms with Gasteiger partial charge in [-0.15, -0.1) is 0 Å². The number of hydrogen-bond acceptors (Lipinski definition) is 3. The second-order valence-corrected chi connectivity index (χ2v) is 8.60. The molecule has 158 valence electrons. The van der Waals surface area contributed by atoms with Gasteiger partial charge in [-0.1, -0.05) is 29.8 Å². The van der Waals surface area contributed by atoms with Gasteiger partial charge in [-0.05, 0) is 62.4 Å². The maximum absolute atomic E-state index is 13.2. The van der Waals surface area contributed by atoms with Gasteiger partial charge in [-0.2, -0.15) is 5.10 Å². The molecule has 3 aromatic heterocycles. The van der Waals surface area contributed by atoms with E-state index in [1.54, 1.807) is 16.8 Å². The molecule has 4 aromatic rings. The number of nitrogens with zero attached hydrogens (tertiary/aromatic N) is 4. The molecular weight excluding hydrogens is 410 g/mol. The van der Waals surface area contributed by atoms with E-state index < -0.39 is 0 Å². The molecule has 0 aliphatic carbocycles. The molecule has 1 saturated heterocycles. The van der Waals surface area contributed by atoms with E-state index in [0.717, 1.165) is 29.7 Å². The standard InChI is InChI=1S/C24H24ClN5O/c1-15-13-16(2)30(28-15)22-8-7-20(25)23(27-22)24(31)29-11-9-17(10-12-29)19-14-26-21-6-4-3-5-18(19)21/h3-8,13-14,17,26H,9-12H2,1-2H3. The third-order valence-electron chi connectivity index (χ3n) is 6.10. The zero-order chi connectivity index (χ0) is 21.5. The SMILES string of the molecule is Cc1cc(C)n(-c2ccc(Cl)c(C(=O)N3CCC(c4c[nH]c5ccccc45)CC3)n2)n1. The summed E-state index contributed by atoms with van der Waals surface area (Å²) >= 11 is 6.37. The highest BCUT2D eigenvalue weighted by molar-refractivity contribution is 6.33. The number of para-hydroxylation sites is 1. The summed E-state index contributed by atoms with van der Waals surface area (Å²) in [6, 6.07) is 13.9. The normalized spacial score (nSPS) is 15.0. The van der Waals surface area contributed by atoms with Gasteiger partial charge in [0.05, 0.1) is 10.7 Å². The Labute approximate surface area is 185 Å². The van der Waals surface area contributed by atoms with Crippen LogP contribution in [0.4, 0.5) is 0 Å². The molecule has 0 spiro atoms. The van der Waals surface area contributed by atoms with Crippen molar-refractivity contribution in [2.75, 3.05) is 13.1 Å². The van der Waals surface area contributed by atoms with Crippen LogP contribution in [0, 0.1) is 13.8 Å². The van der Waals surface area contributed by atoms with E-state index in [1.165, 1.54) is 10.9 Å². The summed E-state index contributed by atoms with van der Waals surface area (Å²) in [5.41, 5.74) is 4.65. The van der Waals surface area contributed by atoms with E-state index >= 15 is 0 Å². The molecule has 0 radical (unpaired) electrons. The van der Waals surface area contributed by atoms with Gasteiger partial charge < -0.3 is 9.88 Å². The number of aromatic nitrogens is 4. The Morgan fingerprint density at radius 1 is 1.13 bits per heavy atom. The fourth-order valence-corrected chi connectivity index (χ4v) is 4.72. The largest absolute Gasteiger partial charge is 0.361 e. The number of nitrogens with one attached hydrogen (secondary N) is 1. The molecule has 1 aliphatic heterocycles. The van der Waals surface area contributed by atoms with Crippen molar-refractivity contribution in [3.8, 4) is 5.82 Å². The van der Waals surface area contributed by atoms with Crippen LogP contribution in [0.1, 0.15) is 46.2 Å². The number of piperidine rings is 1. The van der Waals surface area contributed by atoms with Crippen molar-refractivity contribution < 1.29 is 4.79 Å². The summed E-state index contributed by atoms with van der Waals surface area (Å²) in [5, 5.41) is 6.11. The lowest BCUT2D eigenvalue weighted by molar-refractivity contribution is 0.0707. The number of fused-ring (bicyclic) bond motifs is 1. The first-order valence-electron chi connectivity index (χ1n) is 10.6. The number of carbonyl (C=O) groups is 1. The number of aromatic amines is 1. The van der Waals surface area contributed by atoms with Crippen molar-refractivity contribution >= 4 is 28.4 Å². The van der Waals surface area contributed by atoms with Crippen LogP contribution >= 0.6 is 11.6 Å².